The average molecular weight is 1200 g/mol. The van der Waals surface area contributed by atoms with Crippen molar-refractivity contribution in [3.8, 4) is 22.3 Å². The van der Waals surface area contributed by atoms with Gasteiger partial charge in [0.15, 0.2) is 0 Å². The summed E-state index contributed by atoms with van der Waals surface area (Å²) in [5.41, 5.74) is 17.4. The Hall–Kier alpha value is -12.5. The third-order valence-electron chi connectivity index (χ3n) is 18.5. The Kier molecular flexibility index (Phi) is 14.2. The van der Waals surface area contributed by atoms with Crippen LogP contribution >= 0.6 is 0 Å². The minimum absolute atomic E-state index is 1.05. The molecule has 0 aliphatic carbocycles. The second kappa shape index (κ2) is 24.0. The summed E-state index contributed by atoms with van der Waals surface area (Å²) in [7, 11) is 0. The molecule has 0 bridgehead atoms. The van der Waals surface area contributed by atoms with E-state index in [2.05, 4.69) is 396 Å². The Bertz CT molecular complexity index is 5030. The standard InChI is InChI=1S/C90H62N4/c1-5-29-73(30-6-1)91(74-31-7-2-8-32-74)77-45-41-67(42-46-77)89-85-55-53-84(94(81-51-39-65-23-15-19-27-71(65)59-81)82-52-40-66-24-16-20-28-72(66)60-82)62-88(85)90(68-43-47-78(48-44-68)92(75-33-9-3-10-34-75)76-35-11-4-12-36-76)86-56-54-83(61-87(86)89)93(79-49-37-63-21-13-17-25-69(63)57-79)80-50-38-64-22-14-18-26-70(64)58-80/h1-62H. The van der Waals surface area contributed by atoms with E-state index in [0.717, 1.165) is 112 Å². The number of para-hydroxylation sites is 4. The van der Waals surface area contributed by atoms with E-state index in [1.807, 2.05) is 0 Å². The zero-order valence-corrected chi connectivity index (χ0v) is 51.6. The molecule has 0 N–H and O–H groups in total. The fourth-order valence-corrected chi connectivity index (χ4v) is 14.0. The van der Waals surface area contributed by atoms with Gasteiger partial charge in [0, 0.05) is 68.2 Å². The largest absolute Gasteiger partial charge is 0.311 e. The number of anilines is 12. The average Bonchev–Trinajstić information content (AvgIpc) is 0.724. The predicted molar refractivity (Wildman–Crippen MR) is 401 cm³/mol. The van der Waals surface area contributed by atoms with E-state index in [-0.39, 0.29) is 0 Å². The van der Waals surface area contributed by atoms with E-state index >= 15 is 0 Å². The maximum absolute atomic E-state index is 2.46. The Morgan fingerprint density at radius 3 is 0.606 bits per heavy atom. The lowest BCUT2D eigenvalue weighted by Crippen LogP contribution is -2.11. The minimum Gasteiger partial charge on any atom is -0.311 e. The van der Waals surface area contributed by atoms with Gasteiger partial charge in [-0.05, 0) is 232 Å². The molecule has 0 amide bonds. The number of hydrogen-bond donors (Lipinski definition) is 0. The van der Waals surface area contributed by atoms with E-state index in [1.54, 1.807) is 0 Å². The summed E-state index contributed by atoms with van der Waals surface area (Å²) in [5, 5.41) is 14.1. The Morgan fingerprint density at radius 2 is 0.330 bits per heavy atom. The Morgan fingerprint density at radius 1 is 0.128 bits per heavy atom. The van der Waals surface area contributed by atoms with Crippen molar-refractivity contribution in [3.05, 3.63) is 376 Å². The third-order valence-corrected chi connectivity index (χ3v) is 18.5. The van der Waals surface area contributed by atoms with Gasteiger partial charge in [0.25, 0.3) is 0 Å². The molecular weight excluding hydrogens is 1140 g/mol. The topological polar surface area (TPSA) is 13.0 Å². The van der Waals surface area contributed by atoms with Crippen LogP contribution in [0.3, 0.4) is 0 Å². The summed E-state index contributed by atoms with van der Waals surface area (Å²) in [5.74, 6) is 0. The lowest BCUT2D eigenvalue weighted by molar-refractivity contribution is 1.28. The van der Waals surface area contributed by atoms with E-state index in [4.69, 9.17) is 0 Å². The Labute approximate surface area is 547 Å². The summed E-state index contributed by atoms with van der Waals surface area (Å²) < 4.78 is 0. The molecule has 17 aromatic rings. The first-order valence-electron chi connectivity index (χ1n) is 32.2. The van der Waals surface area contributed by atoms with E-state index in [0.29, 0.717) is 0 Å². The van der Waals surface area contributed by atoms with Crippen molar-refractivity contribution in [2.75, 3.05) is 19.6 Å². The summed E-state index contributed by atoms with van der Waals surface area (Å²) >= 11 is 0. The molecule has 0 saturated carbocycles. The molecule has 17 rings (SSSR count). The van der Waals surface area contributed by atoms with Crippen LogP contribution in [0.15, 0.2) is 376 Å². The molecule has 0 aliphatic rings. The van der Waals surface area contributed by atoms with Gasteiger partial charge < -0.3 is 19.6 Å². The van der Waals surface area contributed by atoms with E-state index in [1.165, 1.54) is 43.1 Å². The summed E-state index contributed by atoms with van der Waals surface area (Å²) in [6.45, 7) is 0. The van der Waals surface area contributed by atoms with Crippen LogP contribution < -0.4 is 19.6 Å². The molecular formula is C90H62N4. The van der Waals surface area contributed by atoms with Crippen LogP contribution in [0.2, 0.25) is 0 Å². The van der Waals surface area contributed by atoms with Crippen LogP contribution in [0.25, 0.3) is 86.9 Å². The van der Waals surface area contributed by atoms with E-state index in [9.17, 15) is 0 Å². The van der Waals surface area contributed by atoms with Crippen LogP contribution in [-0.4, -0.2) is 0 Å². The SMILES string of the molecule is c1ccc(N(c2ccccc2)c2ccc(-c3c4ccc(N(c5ccc6ccccc6c5)c5ccc6ccccc6c5)cc4c(-c4ccc(N(c5ccccc5)c5ccccc5)cc4)c4ccc(N(c5ccc6ccccc6c5)c5ccc6ccccc6c5)cc34)cc2)cc1. The van der Waals surface area contributed by atoms with Gasteiger partial charge in [-0.25, -0.2) is 0 Å². The third kappa shape index (κ3) is 10.4. The van der Waals surface area contributed by atoms with Crippen molar-refractivity contribution >= 4 is 133 Å². The molecule has 0 unspecified atom stereocenters. The molecule has 4 nitrogen and oxygen atoms in total. The lowest BCUT2D eigenvalue weighted by atomic mass is 9.85. The van der Waals surface area contributed by atoms with Crippen molar-refractivity contribution in [3.63, 3.8) is 0 Å². The highest BCUT2D eigenvalue weighted by Crippen LogP contribution is 2.50. The van der Waals surface area contributed by atoms with Crippen molar-refractivity contribution in [1.29, 1.82) is 0 Å². The van der Waals surface area contributed by atoms with Gasteiger partial charge in [0.05, 0.1) is 0 Å². The van der Waals surface area contributed by atoms with Crippen LogP contribution in [0.5, 0.6) is 0 Å². The maximum atomic E-state index is 2.46. The van der Waals surface area contributed by atoms with Crippen molar-refractivity contribution in [2.45, 2.75) is 0 Å². The summed E-state index contributed by atoms with van der Waals surface area (Å²) in [4.78, 5) is 9.56. The van der Waals surface area contributed by atoms with Gasteiger partial charge in [-0.1, -0.05) is 231 Å². The fourth-order valence-electron chi connectivity index (χ4n) is 14.0. The molecule has 4 heteroatoms. The second-order valence-electron chi connectivity index (χ2n) is 24.1. The second-order valence-corrected chi connectivity index (χ2v) is 24.1. The van der Waals surface area contributed by atoms with Gasteiger partial charge in [-0.3, -0.25) is 0 Å². The zero-order chi connectivity index (χ0) is 62.3. The summed E-state index contributed by atoms with van der Waals surface area (Å²) in [6.07, 6.45) is 0. The quantitative estimate of drug-likeness (QED) is 0.101. The smallest absolute Gasteiger partial charge is 0.0468 e. The van der Waals surface area contributed by atoms with Crippen molar-refractivity contribution in [1.82, 2.24) is 0 Å². The van der Waals surface area contributed by atoms with Gasteiger partial charge in [0.1, 0.15) is 0 Å². The summed E-state index contributed by atoms with van der Waals surface area (Å²) in [6, 6.07) is 138. The van der Waals surface area contributed by atoms with Crippen LogP contribution in [0.1, 0.15) is 0 Å². The fraction of sp³-hybridized carbons (Fsp3) is 0. The normalized spacial score (nSPS) is 11.4. The molecule has 0 aliphatic heterocycles. The first-order chi connectivity index (χ1) is 46.6. The van der Waals surface area contributed by atoms with Gasteiger partial charge in [0.2, 0.25) is 0 Å². The highest BCUT2D eigenvalue weighted by Gasteiger charge is 2.25. The van der Waals surface area contributed by atoms with E-state index < -0.39 is 0 Å². The number of benzene rings is 17. The molecule has 0 radical (unpaired) electrons. The lowest BCUT2D eigenvalue weighted by Gasteiger charge is -2.29. The first-order valence-corrected chi connectivity index (χ1v) is 32.2. The highest BCUT2D eigenvalue weighted by molar-refractivity contribution is 6.23. The van der Waals surface area contributed by atoms with Crippen molar-refractivity contribution < 1.29 is 0 Å². The van der Waals surface area contributed by atoms with Crippen LogP contribution in [0, 0.1) is 0 Å². The first kappa shape index (κ1) is 55.6. The van der Waals surface area contributed by atoms with Gasteiger partial charge in [-0.2, -0.15) is 0 Å². The molecule has 0 spiro atoms. The molecule has 17 aromatic carbocycles. The molecule has 0 atom stereocenters. The molecule has 0 fully saturated rings. The number of nitrogens with zero attached hydrogens (tertiary/aromatic N) is 4. The van der Waals surface area contributed by atoms with Gasteiger partial charge >= 0.3 is 0 Å². The van der Waals surface area contributed by atoms with Crippen LogP contribution in [0.4, 0.5) is 68.2 Å². The van der Waals surface area contributed by atoms with Gasteiger partial charge in [-0.15, -0.1) is 0 Å². The predicted octanol–water partition coefficient (Wildman–Crippen LogP) is 25.8. The molecule has 0 heterocycles. The maximum Gasteiger partial charge on any atom is 0.0468 e. The number of rotatable bonds is 14. The Balaban J connectivity index is 0.949. The monoisotopic (exact) mass is 1200 g/mol. The highest BCUT2D eigenvalue weighted by atomic mass is 15.2. The molecule has 0 aromatic heterocycles. The zero-order valence-electron chi connectivity index (χ0n) is 51.6. The minimum atomic E-state index is 1.05. The number of hydrogen-bond acceptors (Lipinski definition) is 4. The molecule has 0 saturated heterocycles. The number of fused-ring (bicyclic) bond motifs is 6. The molecule has 442 valence electrons. The molecule has 94 heavy (non-hydrogen) atoms. The van der Waals surface area contributed by atoms with Crippen LogP contribution in [-0.2, 0) is 0 Å². The van der Waals surface area contributed by atoms with Crippen molar-refractivity contribution in [2.24, 2.45) is 0 Å².